The molecular weight excluding hydrogens is 447 g/mol. The average Bonchev–Trinajstić information content (AvgIpc) is 3.28. The van der Waals surface area contributed by atoms with Crippen molar-refractivity contribution in [2.75, 3.05) is 11.2 Å². The highest BCUT2D eigenvalue weighted by molar-refractivity contribution is 7.90. The third-order valence-electron chi connectivity index (χ3n) is 4.82. The summed E-state index contributed by atoms with van der Waals surface area (Å²) in [6.07, 6.45) is 1.12. The maximum atomic E-state index is 13.4. The van der Waals surface area contributed by atoms with Crippen LogP contribution in [0.15, 0.2) is 89.1 Å². The first-order valence-electron chi connectivity index (χ1n) is 9.68. The second-order valence-corrected chi connectivity index (χ2v) is 10.0. The number of rotatable bonds is 6. The molecule has 1 aromatic heterocycles. The number of carbonyl (C=O) groups is 1. The number of anilines is 1. The Morgan fingerprint density at radius 2 is 1.62 bits per heavy atom. The first-order chi connectivity index (χ1) is 15.3. The number of halogens is 1. The number of thiazole rings is 1. The van der Waals surface area contributed by atoms with Gasteiger partial charge in [0.15, 0.2) is 15.0 Å². The summed E-state index contributed by atoms with van der Waals surface area (Å²) in [6.45, 7) is 0.189. The van der Waals surface area contributed by atoms with E-state index < -0.39 is 9.84 Å². The van der Waals surface area contributed by atoms with E-state index in [0.29, 0.717) is 10.7 Å². The van der Waals surface area contributed by atoms with Gasteiger partial charge in [-0.3, -0.25) is 9.69 Å². The normalized spacial score (nSPS) is 11.3. The van der Waals surface area contributed by atoms with Gasteiger partial charge in [0.25, 0.3) is 5.91 Å². The van der Waals surface area contributed by atoms with Crippen LogP contribution in [0, 0.1) is 5.82 Å². The molecule has 0 bridgehead atoms. The zero-order chi connectivity index (χ0) is 22.7. The fraction of sp³-hybridized carbons (Fsp3) is 0.0833. The largest absolute Gasteiger partial charge is 0.279 e. The molecule has 0 aliphatic heterocycles. The molecule has 0 N–H and O–H groups in total. The monoisotopic (exact) mass is 466 g/mol. The lowest BCUT2D eigenvalue weighted by Crippen LogP contribution is -2.30. The van der Waals surface area contributed by atoms with E-state index in [4.69, 9.17) is 0 Å². The highest BCUT2D eigenvalue weighted by Gasteiger charge is 2.22. The first kappa shape index (κ1) is 21.9. The highest BCUT2D eigenvalue weighted by atomic mass is 32.2. The number of hydrogen-bond donors (Lipinski definition) is 0. The third-order valence-corrected chi connectivity index (χ3v) is 6.81. The number of benzene rings is 3. The van der Waals surface area contributed by atoms with Crippen LogP contribution < -0.4 is 4.90 Å². The molecule has 0 spiro atoms. The van der Waals surface area contributed by atoms with Crippen molar-refractivity contribution in [3.05, 3.63) is 101 Å². The number of amides is 1. The smallest absolute Gasteiger partial charge is 0.260 e. The van der Waals surface area contributed by atoms with Crippen LogP contribution in [0.3, 0.4) is 0 Å². The highest BCUT2D eigenvalue weighted by Crippen LogP contribution is 2.29. The molecule has 0 unspecified atom stereocenters. The van der Waals surface area contributed by atoms with Gasteiger partial charge in [-0.1, -0.05) is 42.5 Å². The topological polar surface area (TPSA) is 67.3 Å². The summed E-state index contributed by atoms with van der Waals surface area (Å²) >= 11 is 1.33. The summed E-state index contributed by atoms with van der Waals surface area (Å²) in [6, 6.07) is 21.4. The van der Waals surface area contributed by atoms with Crippen LogP contribution in [0.1, 0.15) is 15.9 Å². The standard InChI is InChI=1S/C24H19FN2O3S2/c1-32(29,30)21-13-9-19(10-14-21)23(28)27(15-17-7-11-20(25)12-8-17)24-26-22(16-31-24)18-5-3-2-4-6-18/h2-14,16H,15H2,1H3. The van der Waals surface area contributed by atoms with Gasteiger partial charge >= 0.3 is 0 Å². The first-order valence-corrected chi connectivity index (χ1v) is 12.5. The Kier molecular flexibility index (Phi) is 6.16. The molecule has 4 aromatic rings. The van der Waals surface area contributed by atoms with Crippen molar-refractivity contribution in [1.82, 2.24) is 4.98 Å². The molecule has 4 rings (SSSR count). The van der Waals surface area contributed by atoms with Crippen LogP contribution in [0.2, 0.25) is 0 Å². The summed E-state index contributed by atoms with van der Waals surface area (Å²) < 4.78 is 36.8. The SMILES string of the molecule is CS(=O)(=O)c1ccc(C(=O)N(Cc2ccc(F)cc2)c2nc(-c3ccccc3)cs2)cc1. The fourth-order valence-corrected chi connectivity index (χ4v) is 4.59. The van der Waals surface area contributed by atoms with Crippen LogP contribution >= 0.6 is 11.3 Å². The summed E-state index contributed by atoms with van der Waals surface area (Å²) in [5.41, 5.74) is 2.75. The number of carbonyl (C=O) groups excluding carboxylic acids is 1. The quantitative estimate of drug-likeness (QED) is 0.392. The lowest BCUT2D eigenvalue weighted by molar-refractivity contribution is 0.0985. The number of hydrogen-bond acceptors (Lipinski definition) is 5. The average molecular weight is 467 g/mol. The minimum atomic E-state index is -3.37. The van der Waals surface area contributed by atoms with E-state index in [-0.39, 0.29) is 23.2 Å². The number of nitrogens with zero attached hydrogens (tertiary/aromatic N) is 2. The molecule has 0 saturated heterocycles. The summed E-state index contributed by atoms with van der Waals surface area (Å²) in [5, 5.41) is 2.37. The van der Waals surface area contributed by atoms with Crippen molar-refractivity contribution >= 4 is 32.2 Å². The summed E-state index contributed by atoms with van der Waals surface area (Å²) in [4.78, 5) is 19.7. The molecule has 162 valence electrons. The van der Waals surface area contributed by atoms with Crippen molar-refractivity contribution < 1.29 is 17.6 Å². The molecule has 1 heterocycles. The van der Waals surface area contributed by atoms with Crippen LogP contribution in [-0.2, 0) is 16.4 Å². The van der Waals surface area contributed by atoms with Crippen LogP contribution in [0.4, 0.5) is 9.52 Å². The molecule has 8 heteroatoms. The zero-order valence-corrected chi connectivity index (χ0v) is 18.7. The van der Waals surface area contributed by atoms with E-state index in [2.05, 4.69) is 4.98 Å². The van der Waals surface area contributed by atoms with Gasteiger partial charge in [-0.15, -0.1) is 11.3 Å². The van der Waals surface area contributed by atoms with Gasteiger partial charge in [0.2, 0.25) is 0 Å². The third kappa shape index (κ3) is 4.92. The van der Waals surface area contributed by atoms with Crippen LogP contribution in [-0.4, -0.2) is 25.6 Å². The van der Waals surface area contributed by atoms with E-state index in [9.17, 15) is 17.6 Å². The predicted molar refractivity (Wildman–Crippen MR) is 124 cm³/mol. The molecule has 0 saturated carbocycles. The lowest BCUT2D eigenvalue weighted by Gasteiger charge is -2.20. The lowest BCUT2D eigenvalue weighted by atomic mass is 10.1. The minimum absolute atomic E-state index is 0.139. The predicted octanol–water partition coefficient (Wildman–Crippen LogP) is 5.20. The molecule has 3 aromatic carbocycles. The van der Waals surface area contributed by atoms with Crippen molar-refractivity contribution in [2.45, 2.75) is 11.4 Å². The molecule has 0 radical (unpaired) electrons. The van der Waals surface area contributed by atoms with E-state index in [1.807, 2.05) is 35.7 Å². The van der Waals surface area contributed by atoms with Crippen molar-refractivity contribution in [3.8, 4) is 11.3 Å². The summed E-state index contributed by atoms with van der Waals surface area (Å²) in [7, 11) is -3.37. The molecule has 0 fully saturated rings. The Balaban J connectivity index is 1.70. The molecule has 32 heavy (non-hydrogen) atoms. The van der Waals surface area contributed by atoms with E-state index in [1.54, 1.807) is 12.1 Å². The Hall–Kier alpha value is -3.36. The molecule has 0 atom stereocenters. The molecule has 0 aliphatic carbocycles. The van der Waals surface area contributed by atoms with Crippen molar-refractivity contribution in [3.63, 3.8) is 0 Å². The van der Waals surface area contributed by atoms with E-state index >= 15 is 0 Å². The zero-order valence-electron chi connectivity index (χ0n) is 17.1. The van der Waals surface area contributed by atoms with Gasteiger partial charge in [0, 0.05) is 22.8 Å². The van der Waals surface area contributed by atoms with Crippen LogP contribution in [0.25, 0.3) is 11.3 Å². The van der Waals surface area contributed by atoms with Gasteiger partial charge < -0.3 is 0 Å². The Bertz CT molecular complexity index is 1330. The second-order valence-electron chi connectivity index (χ2n) is 7.20. The Morgan fingerprint density at radius 3 is 2.25 bits per heavy atom. The molecule has 5 nitrogen and oxygen atoms in total. The Labute approximate surface area is 189 Å². The fourth-order valence-electron chi connectivity index (χ4n) is 3.13. The van der Waals surface area contributed by atoms with Crippen LogP contribution in [0.5, 0.6) is 0 Å². The second kappa shape index (κ2) is 9.02. The molecule has 0 aliphatic rings. The number of aromatic nitrogens is 1. The van der Waals surface area contributed by atoms with Crippen molar-refractivity contribution in [1.29, 1.82) is 0 Å². The summed E-state index contributed by atoms with van der Waals surface area (Å²) in [5.74, 6) is -0.688. The van der Waals surface area contributed by atoms with E-state index in [0.717, 1.165) is 23.1 Å². The minimum Gasteiger partial charge on any atom is -0.279 e. The number of sulfone groups is 1. The maximum Gasteiger partial charge on any atom is 0.260 e. The van der Waals surface area contributed by atoms with Gasteiger partial charge in [0.05, 0.1) is 17.1 Å². The van der Waals surface area contributed by atoms with E-state index in [1.165, 1.54) is 52.6 Å². The van der Waals surface area contributed by atoms with Gasteiger partial charge in [-0.2, -0.15) is 0 Å². The van der Waals surface area contributed by atoms with Gasteiger partial charge in [0.1, 0.15) is 5.82 Å². The molecular formula is C24H19FN2O3S2. The van der Waals surface area contributed by atoms with Gasteiger partial charge in [-0.25, -0.2) is 17.8 Å². The van der Waals surface area contributed by atoms with Gasteiger partial charge in [-0.05, 0) is 42.0 Å². The Morgan fingerprint density at radius 1 is 0.969 bits per heavy atom. The maximum absolute atomic E-state index is 13.4. The van der Waals surface area contributed by atoms with Crippen molar-refractivity contribution in [2.24, 2.45) is 0 Å². The molecule has 1 amide bonds.